The maximum atomic E-state index is 11.8. The van der Waals surface area contributed by atoms with E-state index in [2.05, 4.69) is 0 Å². The van der Waals surface area contributed by atoms with E-state index in [9.17, 15) is 32.0 Å². The Hall–Kier alpha value is -0.920. The maximum Gasteiger partial charge on any atom is 0.457 e. The lowest BCUT2D eigenvalue weighted by molar-refractivity contribution is -0.426. The molecule has 0 amide bonds. The number of halogens is 5. The van der Waals surface area contributed by atoms with Crippen LogP contribution in [0, 0.1) is 0 Å². The molecule has 0 aromatic carbocycles. The van der Waals surface area contributed by atoms with Crippen molar-refractivity contribution in [3.63, 3.8) is 0 Å². The summed E-state index contributed by atoms with van der Waals surface area (Å²) in [7, 11) is 0. The second-order valence-electron chi connectivity index (χ2n) is 1.46. The number of carbonyl (C=O) groups excluding carboxylic acids is 1. The Labute approximate surface area is 56.3 Å². The highest BCUT2D eigenvalue weighted by Gasteiger charge is 2.61. The third-order valence-electron chi connectivity index (χ3n) is 0.733. The van der Waals surface area contributed by atoms with E-state index in [-0.39, 0.29) is 0 Å². The summed E-state index contributed by atoms with van der Waals surface area (Å²) >= 11 is 0. The van der Waals surface area contributed by atoms with Gasteiger partial charge in [-0.25, -0.2) is 0 Å². The number of aliphatic carboxylic acids is 1. The molecule has 0 saturated carbocycles. The Morgan fingerprint density at radius 3 is 1.64 bits per heavy atom. The van der Waals surface area contributed by atoms with Gasteiger partial charge in [-0.1, -0.05) is 0 Å². The molecule has 66 valence electrons. The molecule has 0 aliphatic rings. The van der Waals surface area contributed by atoms with Gasteiger partial charge in [0.1, 0.15) is 5.97 Å². The minimum atomic E-state index is -6.00. The fourth-order valence-corrected chi connectivity index (χ4v) is 0.191. The molecule has 0 fully saturated rings. The molecule has 3 nitrogen and oxygen atoms in total. The van der Waals surface area contributed by atoms with Crippen molar-refractivity contribution in [1.82, 2.24) is 0 Å². The summed E-state index contributed by atoms with van der Waals surface area (Å²) in [6.45, 7) is 0. The van der Waals surface area contributed by atoms with Gasteiger partial charge in [-0.3, -0.25) is 0 Å². The quantitative estimate of drug-likeness (QED) is 0.554. The van der Waals surface area contributed by atoms with Crippen LogP contribution in [0.25, 0.3) is 0 Å². The molecule has 1 unspecified atom stereocenters. The lowest BCUT2D eigenvalue weighted by atomic mass is 10.3. The van der Waals surface area contributed by atoms with Gasteiger partial charge in [0.05, 0.1) is 0 Å². The summed E-state index contributed by atoms with van der Waals surface area (Å²) in [5.41, 5.74) is 0. The molecule has 1 atom stereocenters. The Kier molecular flexibility index (Phi) is 2.39. The van der Waals surface area contributed by atoms with Gasteiger partial charge in [0, 0.05) is 0 Å². The number of alkyl halides is 4. The average Bonchev–Trinajstić information content (AvgIpc) is 1.83. The largest absolute Gasteiger partial charge is 0.544 e. The summed E-state index contributed by atoms with van der Waals surface area (Å²) in [5.74, 6) is -8.72. The number of rotatable bonds is 2. The third kappa shape index (κ3) is 1.56. The summed E-state index contributed by atoms with van der Waals surface area (Å²) in [5, 5.41) is 9.33. The highest BCUT2D eigenvalue weighted by molar-refractivity contribution is 5.74. The van der Waals surface area contributed by atoms with E-state index in [0.717, 1.165) is 0 Å². The topological polar surface area (TPSA) is 49.4 Å². The van der Waals surface area contributed by atoms with Crippen molar-refractivity contribution in [1.29, 1.82) is 0 Å². The van der Waals surface area contributed by atoms with Crippen molar-refractivity contribution < 1.29 is 36.9 Å². The highest BCUT2D eigenvalue weighted by atomic mass is 19.4. The number of carboxylic acids is 1. The van der Waals surface area contributed by atoms with Crippen molar-refractivity contribution in [2.75, 3.05) is 0 Å². The molecule has 0 saturated heterocycles. The van der Waals surface area contributed by atoms with Crippen molar-refractivity contribution in [2.24, 2.45) is 0 Å². The molecule has 0 aliphatic heterocycles. The van der Waals surface area contributed by atoms with E-state index in [1.54, 1.807) is 4.94 Å². The Bertz CT molecular complexity index is 165. The zero-order valence-electron chi connectivity index (χ0n) is 4.61. The fourth-order valence-electron chi connectivity index (χ4n) is 0.191. The smallest absolute Gasteiger partial charge is 0.457 e. The molecule has 8 heteroatoms. The van der Waals surface area contributed by atoms with Crippen molar-refractivity contribution in [2.45, 2.75) is 12.0 Å². The molecule has 0 aromatic rings. The van der Waals surface area contributed by atoms with Crippen LogP contribution in [0.4, 0.5) is 22.1 Å². The van der Waals surface area contributed by atoms with Crippen molar-refractivity contribution in [3.8, 4) is 0 Å². The molecular weight excluding hydrogens is 179 g/mol. The van der Waals surface area contributed by atoms with Crippen LogP contribution in [-0.2, 0) is 9.74 Å². The normalized spacial score (nSPS) is 17.5. The van der Waals surface area contributed by atoms with E-state index in [1.807, 2.05) is 0 Å². The predicted octanol–water partition coefficient (Wildman–Crippen LogP) is -0.135. The molecule has 0 aromatic heterocycles. The van der Waals surface area contributed by atoms with E-state index in [4.69, 9.17) is 0 Å². The zero-order chi connectivity index (χ0) is 9.28. The van der Waals surface area contributed by atoms with Gasteiger partial charge in [0.15, 0.2) is 0 Å². The lowest BCUT2D eigenvalue weighted by Crippen LogP contribution is -2.55. The number of hydrogen-bond acceptors (Lipinski definition) is 3. The minimum absolute atomic E-state index is 1.61. The predicted molar refractivity (Wildman–Crippen MR) is 17.1 cm³/mol. The van der Waals surface area contributed by atoms with Crippen LogP contribution in [0.15, 0.2) is 0 Å². The molecule has 0 N–H and O–H groups in total. The zero-order valence-corrected chi connectivity index (χ0v) is 4.61. The molecule has 0 radical (unpaired) electrons. The van der Waals surface area contributed by atoms with Gasteiger partial charge in [0.2, 0.25) is 0 Å². The SMILES string of the molecule is O=C([O-])C(F)(OF)C(F)(F)F. The monoisotopic (exact) mass is 179 g/mol. The van der Waals surface area contributed by atoms with Gasteiger partial charge < -0.3 is 9.90 Å². The summed E-state index contributed by atoms with van der Waals surface area (Å²) < 4.78 is 56.1. The molecule has 11 heavy (non-hydrogen) atoms. The van der Waals surface area contributed by atoms with Crippen LogP contribution in [0.5, 0.6) is 0 Å². The average molecular weight is 179 g/mol. The molecule has 0 bridgehead atoms. The van der Waals surface area contributed by atoms with Crippen LogP contribution < -0.4 is 5.11 Å². The van der Waals surface area contributed by atoms with E-state index in [0.29, 0.717) is 0 Å². The number of hydrogen-bond donors (Lipinski definition) is 0. The molecular formula is C3F5O3-. The van der Waals surface area contributed by atoms with Crippen LogP contribution in [0.3, 0.4) is 0 Å². The van der Waals surface area contributed by atoms with Gasteiger partial charge in [0.25, 0.3) is 0 Å². The summed E-state index contributed by atoms with van der Waals surface area (Å²) in [6.07, 6.45) is -6.00. The highest BCUT2D eigenvalue weighted by Crippen LogP contribution is 2.34. The Balaban J connectivity index is 4.75. The Morgan fingerprint density at radius 2 is 1.64 bits per heavy atom. The molecule has 0 aliphatic carbocycles. The number of carbonyl (C=O) groups is 1. The van der Waals surface area contributed by atoms with Crippen LogP contribution in [0.1, 0.15) is 0 Å². The van der Waals surface area contributed by atoms with E-state index >= 15 is 0 Å². The van der Waals surface area contributed by atoms with Crippen molar-refractivity contribution in [3.05, 3.63) is 0 Å². The Morgan fingerprint density at radius 1 is 1.27 bits per heavy atom. The van der Waals surface area contributed by atoms with Crippen molar-refractivity contribution >= 4 is 5.97 Å². The summed E-state index contributed by atoms with van der Waals surface area (Å²) in [6, 6.07) is 0. The molecule has 0 heterocycles. The standard InChI is InChI=1S/C3HF5O3/c4-2(11-8,1(9)10)3(5,6)7/h(H,9,10)/p-1. The minimum Gasteiger partial charge on any atom is -0.544 e. The van der Waals surface area contributed by atoms with Gasteiger partial charge in [-0.15, -0.1) is 4.94 Å². The third-order valence-corrected chi connectivity index (χ3v) is 0.733. The van der Waals surface area contributed by atoms with E-state index < -0.39 is 18.0 Å². The maximum absolute atomic E-state index is 11.8. The number of carboxylic acid groups (broad SMARTS) is 1. The molecule has 0 spiro atoms. The second kappa shape index (κ2) is 2.61. The van der Waals surface area contributed by atoms with Crippen LogP contribution in [-0.4, -0.2) is 18.0 Å². The first-order valence-corrected chi connectivity index (χ1v) is 2.02. The van der Waals surface area contributed by atoms with Gasteiger partial charge >= 0.3 is 12.0 Å². The second-order valence-corrected chi connectivity index (χ2v) is 1.46. The fraction of sp³-hybridized carbons (Fsp3) is 0.667. The molecule has 0 rings (SSSR count). The van der Waals surface area contributed by atoms with Crippen LogP contribution >= 0.6 is 0 Å². The lowest BCUT2D eigenvalue weighted by Gasteiger charge is -2.23. The first-order chi connectivity index (χ1) is 4.75. The summed E-state index contributed by atoms with van der Waals surface area (Å²) in [4.78, 5) is 10.9. The first kappa shape index (κ1) is 10.1. The first-order valence-electron chi connectivity index (χ1n) is 2.02. The van der Waals surface area contributed by atoms with Crippen LogP contribution in [0.2, 0.25) is 0 Å². The van der Waals surface area contributed by atoms with Gasteiger partial charge in [-0.05, 0) is 4.53 Å². The van der Waals surface area contributed by atoms with Gasteiger partial charge in [-0.2, -0.15) is 17.6 Å². The van der Waals surface area contributed by atoms with E-state index in [1.165, 1.54) is 0 Å².